The maximum atomic E-state index is 11.8. The van der Waals surface area contributed by atoms with Gasteiger partial charge < -0.3 is 9.88 Å². The van der Waals surface area contributed by atoms with Crippen LogP contribution in [0, 0.1) is 13.8 Å². The standard InChI is InChI=1S/C12H17N5O/c1-8-10(9(2)16-15-8)7-14-12(18)6-11-13-4-5-17(11)3/h4-5H,6-7H2,1-3H3,(H,14,18)(H,15,16). The van der Waals surface area contributed by atoms with Crippen LogP contribution in [0.15, 0.2) is 12.4 Å². The number of aryl methyl sites for hydroxylation is 3. The van der Waals surface area contributed by atoms with Gasteiger partial charge in [-0.25, -0.2) is 4.98 Å². The number of H-pyrrole nitrogens is 1. The van der Waals surface area contributed by atoms with Crippen molar-refractivity contribution >= 4 is 5.91 Å². The first-order valence-corrected chi connectivity index (χ1v) is 5.81. The van der Waals surface area contributed by atoms with Crippen LogP contribution in [-0.2, 0) is 24.8 Å². The largest absolute Gasteiger partial charge is 0.351 e. The summed E-state index contributed by atoms with van der Waals surface area (Å²) in [7, 11) is 1.87. The van der Waals surface area contributed by atoms with Crippen LogP contribution < -0.4 is 5.32 Å². The summed E-state index contributed by atoms with van der Waals surface area (Å²) >= 11 is 0. The van der Waals surface area contributed by atoms with E-state index in [0.29, 0.717) is 13.0 Å². The lowest BCUT2D eigenvalue weighted by Gasteiger charge is -2.05. The lowest BCUT2D eigenvalue weighted by Crippen LogP contribution is -2.26. The van der Waals surface area contributed by atoms with Gasteiger partial charge in [-0.1, -0.05) is 0 Å². The summed E-state index contributed by atoms with van der Waals surface area (Å²) in [5.41, 5.74) is 2.96. The van der Waals surface area contributed by atoms with Crippen LogP contribution in [0.25, 0.3) is 0 Å². The first-order chi connectivity index (χ1) is 8.58. The molecule has 0 aliphatic rings. The van der Waals surface area contributed by atoms with Crippen LogP contribution in [0.5, 0.6) is 0 Å². The van der Waals surface area contributed by atoms with E-state index in [1.165, 1.54) is 0 Å². The van der Waals surface area contributed by atoms with E-state index in [1.807, 2.05) is 31.7 Å². The smallest absolute Gasteiger partial charge is 0.227 e. The molecule has 0 saturated carbocycles. The number of hydrogen-bond acceptors (Lipinski definition) is 3. The molecule has 18 heavy (non-hydrogen) atoms. The molecule has 96 valence electrons. The molecular formula is C12H17N5O. The zero-order valence-corrected chi connectivity index (χ0v) is 10.8. The second kappa shape index (κ2) is 5.03. The highest BCUT2D eigenvalue weighted by molar-refractivity contribution is 5.77. The van der Waals surface area contributed by atoms with Crippen molar-refractivity contribution in [2.75, 3.05) is 0 Å². The number of hydrogen-bond donors (Lipinski definition) is 2. The number of carbonyl (C=O) groups excluding carboxylic acids is 1. The summed E-state index contributed by atoms with van der Waals surface area (Å²) in [6, 6.07) is 0. The average molecular weight is 247 g/mol. The third kappa shape index (κ3) is 2.58. The molecule has 0 fully saturated rings. The van der Waals surface area contributed by atoms with E-state index >= 15 is 0 Å². The Kier molecular flexibility index (Phi) is 3.45. The zero-order chi connectivity index (χ0) is 13.1. The molecule has 6 nitrogen and oxygen atoms in total. The molecule has 0 aliphatic carbocycles. The SMILES string of the molecule is Cc1n[nH]c(C)c1CNC(=O)Cc1nccn1C. The highest BCUT2D eigenvalue weighted by atomic mass is 16.1. The van der Waals surface area contributed by atoms with Gasteiger partial charge in [-0.15, -0.1) is 0 Å². The van der Waals surface area contributed by atoms with E-state index in [9.17, 15) is 4.79 Å². The summed E-state index contributed by atoms with van der Waals surface area (Å²) in [5, 5.41) is 9.87. The maximum Gasteiger partial charge on any atom is 0.227 e. The second-order valence-electron chi connectivity index (χ2n) is 4.32. The van der Waals surface area contributed by atoms with E-state index in [4.69, 9.17) is 0 Å². The van der Waals surface area contributed by atoms with Crippen LogP contribution in [-0.4, -0.2) is 25.7 Å². The van der Waals surface area contributed by atoms with E-state index in [-0.39, 0.29) is 5.91 Å². The topological polar surface area (TPSA) is 75.6 Å². The van der Waals surface area contributed by atoms with Crippen molar-refractivity contribution in [2.24, 2.45) is 7.05 Å². The number of amides is 1. The molecule has 2 aromatic heterocycles. The summed E-state index contributed by atoms with van der Waals surface area (Å²) in [6.07, 6.45) is 3.80. The zero-order valence-electron chi connectivity index (χ0n) is 10.8. The van der Waals surface area contributed by atoms with Crippen LogP contribution in [0.1, 0.15) is 22.8 Å². The lowest BCUT2D eigenvalue weighted by molar-refractivity contribution is -0.120. The van der Waals surface area contributed by atoms with E-state index < -0.39 is 0 Å². The third-order valence-corrected chi connectivity index (χ3v) is 2.98. The monoisotopic (exact) mass is 247 g/mol. The Bertz CT molecular complexity index is 535. The first kappa shape index (κ1) is 12.3. The molecule has 0 unspecified atom stereocenters. The number of rotatable bonds is 4. The number of imidazole rings is 1. The quantitative estimate of drug-likeness (QED) is 0.831. The number of nitrogens with zero attached hydrogens (tertiary/aromatic N) is 3. The van der Waals surface area contributed by atoms with Crippen molar-refractivity contribution in [2.45, 2.75) is 26.8 Å². The van der Waals surface area contributed by atoms with E-state index in [2.05, 4.69) is 20.5 Å². The molecule has 0 atom stereocenters. The average Bonchev–Trinajstić information content (AvgIpc) is 2.85. The van der Waals surface area contributed by atoms with Gasteiger partial charge >= 0.3 is 0 Å². The molecule has 0 bridgehead atoms. The second-order valence-corrected chi connectivity index (χ2v) is 4.32. The molecule has 2 N–H and O–H groups in total. The molecule has 2 rings (SSSR count). The van der Waals surface area contributed by atoms with Gasteiger partial charge in [0.15, 0.2) is 0 Å². The molecular weight excluding hydrogens is 230 g/mol. The Morgan fingerprint density at radius 3 is 2.83 bits per heavy atom. The van der Waals surface area contributed by atoms with Crippen molar-refractivity contribution in [3.05, 3.63) is 35.2 Å². The number of carbonyl (C=O) groups is 1. The van der Waals surface area contributed by atoms with Gasteiger partial charge in [-0.05, 0) is 13.8 Å². The highest BCUT2D eigenvalue weighted by Crippen LogP contribution is 2.08. The summed E-state index contributed by atoms with van der Waals surface area (Å²) in [5.74, 6) is 0.720. The van der Waals surface area contributed by atoms with E-state index in [1.54, 1.807) is 6.20 Å². The van der Waals surface area contributed by atoms with Gasteiger partial charge in [0.2, 0.25) is 5.91 Å². The minimum atomic E-state index is -0.0377. The maximum absolute atomic E-state index is 11.8. The van der Waals surface area contributed by atoms with Gasteiger partial charge in [0.25, 0.3) is 0 Å². The minimum Gasteiger partial charge on any atom is -0.351 e. The predicted octanol–water partition coefficient (Wildman–Crippen LogP) is 0.619. The Balaban J connectivity index is 1.91. The van der Waals surface area contributed by atoms with Gasteiger partial charge in [0.1, 0.15) is 5.82 Å². The first-order valence-electron chi connectivity index (χ1n) is 5.81. The van der Waals surface area contributed by atoms with Crippen molar-refractivity contribution in [1.82, 2.24) is 25.1 Å². The van der Waals surface area contributed by atoms with Gasteiger partial charge in [0.05, 0.1) is 12.1 Å². The number of aromatic amines is 1. The highest BCUT2D eigenvalue weighted by Gasteiger charge is 2.10. The Morgan fingerprint density at radius 2 is 2.28 bits per heavy atom. The molecule has 0 saturated heterocycles. The fourth-order valence-corrected chi connectivity index (χ4v) is 1.79. The van der Waals surface area contributed by atoms with E-state index in [0.717, 1.165) is 22.8 Å². The molecule has 2 aromatic rings. The van der Waals surface area contributed by atoms with Crippen molar-refractivity contribution in [1.29, 1.82) is 0 Å². The fourth-order valence-electron chi connectivity index (χ4n) is 1.79. The molecule has 6 heteroatoms. The Morgan fingerprint density at radius 1 is 1.50 bits per heavy atom. The fraction of sp³-hybridized carbons (Fsp3) is 0.417. The summed E-state index contributed by atoms with van der Waals surface area (Å²) in [6.45, 7) is 4.36. The van der Waals surface area contributed by atoms with Gasteiger partial charge in [0, 0.05) is 37.2 Å². The van der Waals surface area contributed by atoms with Crippen molar-refractivity contribution in [3.8, 4) is 0 Å². The minimum absolute atomic E-state index is 0.0377. The normalized spacial score (nSPS) is 10.6. The Hall–Kier alpha value is -2.11. The number of aromatic nitrogens is 4. The summed E-state index contributed by atoms with van der Waals surface area (Å²) in [4.78, 5) is 15.9. The summed E-state index contributed by atoms with van der Waals surface area (Å²) < 4.78 is 1.84. The van der Waals surface area contributed by atoms with Crippen LogP contribution in [0.4, 0.5) is 0 Å². The molecule has 0 spiro atoms. The molecule has 0 aromatic carbocycles. The lowest BCUT2D eigenvalue weighted by atomic mass is 10.2. The van der Waals surface area contributed by atoms with Gasteiger partial charge in [-0.3, -0.25) is 9.89 Å². The van der Waals surface area contributed by atoms with Crippen LogP contribution in [0.2, 0.25) is 0 Å². The third-order valence-electron chi connectivity index (χ3n) is 2.98. The molecule has 2 heterocycles. The molecule has 0 radical (unpaired) electrons. The van der Waals surface area contributed by atoms with Crippen molar-refractivity contribution < 1.29 is 4.79 Å². The van der Waals surface area contributed by atoms with Crippen LogP contribution in [0.3, 0.4) is 0 Å². The Labute approximate surface area is 105 Å². The molecule has 0 aliphatic heterocycles. The number of nitrogens with one attached hydrogen (secondary N) is 2. The predicted molar refractivity (Wildman–Crippen MR) is 66.8 cm³/mol. The van der Waals surface area contributed by atoms with Crippen LogP contribution >= 0.6 is 0 Å². The van der Waals surface area contributed by atoms with Gasteiger partial charge in [-0.2, -0.15) is 5.10 Å². The van der Waals surface area contributed by atoms with Crippen molar-refractivity contribution in [3.63, 3.8) is 0 Å². The molecule has 1 amide bonds.